The number of para-hydroxylation sites is 1. The van der Waals surface area contributed by atoms with E-state index in [0.717, 1.165) is 33.9 Å². The number of nitrogens with two attached hydrogens (primary N) is 1. The van der Waals surface area contributed by atoms with Crippen LogP contribution in [0.25, 0.3) is 17.1 Å². The predicted molar refractivity (Wildman–Crippen MR) is 104 cm³/mol. The molecule has 27 heavy (non-hydrogen) atoms. The molecular weight excluding hydrogens is 344 g/mol. The fraction of sp³-hybridized carbons (Fsp3) is 0.150. The molecular formula is C20H20N4O3. The van der Waals surface area contributed by atoms with Crippen LogP contribution in [0, 0.1) is 0 Å². The minimum Gasteiger partial charge on any atom is -0.478 e. The lowest BCUT2D eigenvalue weighted by molar-refractivity contribution is -0.131. The van der Waals surface area contributed by atoms with E-state index in [-0.39, 0.29) is 5.91 Å². The maximum absolute atomic E-state index is 11.0. The van der Waals surface area contributed by atoms with E-state index in [1.165, 1.54) is 0 Å². The highest BCUT2D eigenvalue weighted by atomic mass is 16.4. The highest BCUT2D eigenvalue weighted by Crippen LogP contribution is 2.19. The first kappa shape index (κ1) is 18.2. The largest absolute Gasteiger partial charge is 0.478 e. The molecule has 1 heterocycles. The number of carbonyl (C=O) groups is 2. The van der Waals surface area contributed by atoms with E-state index in [1.807, 2.05) is 47.0 Å². The van der Waals surface area contributed by atoms with Crippen LogP contribution in [0.4, 0.5) is 5.69 Å². The first-order chi connectivity index (χ1) is 13.0. The number of imidazole rings is 1. The third kappa shape index (κ3) is 4.72. The summed E-state index contributed by atoms with van der Waals surface area (Å²) in [5.41, 5.74) is 9.66. The Labute approximate surface area is 156 Å². The second-order valence-corrected chi connectivity index (χ2v) is 6.10. The summed E-state index contributed by atoms with van der Waals surface area (Å²) in [6.07, 6.45) is 5.30. The number of benzene rings is 2. The minimum atomic E-state index is -0.992. The van der Waals surface area contributed by atoms with E-state index in [9.17, 15) is 9.59 Å². The lowest BCUT2D eigenvalue weighted by Crippen LogP contribution is -2.11. The van der Waals surface area contributed by atoms with Crippen LogP contribution in [0.2, 0.25) is 0 Å². The van der Waals surface area contributed by atoms with Gasteiger partial charge in [-0.25, -0.2) is 9.78 Å². The van der Waals surface area contributed by atoms with E-state index >= 15 is 0 Å². The Bertz CT molecular complexity index is 1010. The summed E-state index contributed by atoms with van der Waals surface area (Å²) < 4.78 is 1.96. The molecule has 0 radical (unpaired) electrons. The van der Waals surface area contributed by atoms with Gasteiger partial charge in [0.15, 0.2) is 0 Å². The van der Waals surface area contributed by atoms with Crippen LogP contribution in [0.3, 0.4) is 0 Å². The number of carboxylic acids is 1. The van der Waals surface area contributed by atoms with Crippen LogP contribution in [0.15, 0.2) is 54.9 Å². The van der Waals surface area contributed by atoms with Gasteiger partial charge < -0.3 is 20.7 Å². The molecule has 3 aromatic rings. The Hall–Kier alpha value is -3.61. The number of rotatable bonds is 8. The minimum absolute atomic E-state index is 0.307. The molecule has 0 fully saturated rings. The van der Waals surface area contributed by atoms with Crippen molar-refractivity contribution in [3.05, 3.63) is 66.0 Å². The summed E-state index contributed by atoms with van der Waals surface area (Å²) in [7, 11) is 0. The predicted octanol–water partition coefficient (Wildman–Crippen LogP) is 2.62. The standard InChI is InChI=1S/C20H20N4O3/c21-19(25)9-6-14-5-8-17-18(11-14)24(13-23-17)12-22-16-4-2-1-3-15(16)7-10-20(26)27/h1-5,7-8,10-11,13,22H,6,9,12H2,(H2,21,25)(H,26,27)/b10-7+. The van der Waals surface area contributed by atoms with Crippen molar-refractivity contribution < 1.29 is 14.7 Å². The fourth-order valence-corrected chi connectivity index (χ4v) is 2.79. The summed E-state index contributed by atoms with van der Waals surface area (Å²) >= 11 is 0. The number of aryl methyl sites for hydroxylation is 1. The number of nitrogens with zero attached hydrogens (tertiary/aromatic N) is 2. The third-order valence-corrected chi connectivity index (χ3v) is 4.15. The van der Waals surface area contributed by atoms with Crippen LogP contribution in [-0.4, -0.2) is 26.5 Å². The molecule has 0 atom stereocenters. The lowest BCUT2D eigenvalue weighted by atomic mass is 10.1. The highest BCUT2D eigenvalue weighted by Gasteiger charge is 2.06. The van der Waals surface area contributed by atoms with Gasteiger partial charge in [0.05, 0.1) is 24.0 Å². The zero-order valence-electron chi connectivity index (χ0n) is 14.6. The molecule has 3 rings (SSSR count). The molecule has 0 saturated heterocycles. The number of carboxylic acid groups (broad SMARTS) is 1. The molecule has 1 amide bonds. The maximum atomic E-state index is 11.0. The molecule has 1 aromatic heterocycles. The van der Waals surface area contributed by atoms with Gasteiger partial charge in [-0.1, -0.05) is 24.3 Å². The van der Waals surface area contributed by atoms with Gasteiger partial charge in [0.25, 0.3) is 0 Å². The number of fused-ring (bicyclic) bond motifs is 1. The second kappa shape index (κ2) is 8.18. The Balaban J connectivity index is 1.78. The summed E-state index contributed by atoms with van der Waals surface area (Å²) in [5.74, 6) is -1.31. The van der Waals surface area contributed by atoms with Crippen molar-refractivity contribution in [3.8, 4) is 0 Å². The van der Waals surface area contributed by atoms with Gasteiger partial charge in [-0.3, -0.25) is 4.79 Å². The molecule has 0 aliphatic heterocycles. The first-order valence-corrected chi connectivity index (χ1v) is 8.49. The molecule has 7 heteroatoms. The zero-order chi connectivity index (χ0) is 19.2. The molecule has 0 bridgehead atoms. The first-order valence-electron chi connectivity index (χ1n) is 8.49. The molecule has 138 valence electrons. The lowest BCUT2D eigenvalue weighted by Gasteiger charge is -2.11. The quantitative estimate of drug-likeness (QED) is 0.532. The Kier molecular flexibility index (Phi) is 5.51. The normalized spacial score (nSPS) is 11.1. The van der Waals surface area contributed by atoms with Crippen molar-refractivity contribution in [1.82, 2.24) is 9.55 Å². The molecule has 7 nitrogen and oxygen atoms in total. The summed E-state index contributed by atoms with van der Waals surface area (Å²) in [6, 6.07) is 13.3. The van der Waals surface area contributed by atoms with Crippen LogP contribution >= 0.6 is 0 Å². The topological polar surface area (TPSA) is 110 Å². The van der Waals surface area contributed by atoms with Gasteiger partial charge in [-0.15, -0.1) is 0 Å². The fourth-order valence-electron chi connectivity index (χ4n) is 2.79. The van der Waals surface area contributed by atoms with Crippen LogP contribution < -0.4 is 11.1 Å². The van der Waals surface area contributed by atoms with Crippen molar-refractivity contribution in [2.75, 3.05) is 5.32 Å². The van der Waals surface area contributed by atoms with E-state index < -0.39 is 5.97 Å². The van der Waals surface area contributed by atoms with Gasteiger partial charge in [0, 0.05) is 18.2 Å². The van der Waals surface area contributed by atoms with E-state index in [4.69, 9.17) is 10.8 Å². The molecule has 2 aromatic carbocycles. The number of amides is 1. The molecule has 4 N–H and O–H groups in total. The molecule has 0 aliphatic rings. The van der Waals surface area contributed by atoms with Crippen molar-refractivity contribution in [2.45, 2.75) is 19.5 Å². The summed E-state index contributed by atoms with van der Waals surface area (Å²) in [4.78, 5) is 26.1. The summed E-state index contributed by atoms with van der Waals surface area (Å²) in [5, 5.41) is 12.1. The average molecular weight is 364 g/mol. The molecule has 0 saturated carbocycles. The molecule has 0 unspecified atom stereocenters. The van der Waals surface area contributed by atoms with Crippen LogP contribution in [0.1, 0.15) is 17.5 Å². The second-order valence-electron chi connectivity index (χ2n) is 6.10. The number of primary amides is 1. The number of hydrogen-bond donors (Lipinski definition) is 3. The number of aromatic nitrogens is 2. The zero-order valence-corrected chi connectivity index (χ0v) is 14.6. The van der Waals surface area contributed by atoms with Gasteiger partial charge in [-0.2, -0.15) is 0 Å². The number of hydrogen-bond acceptors (Lipinski definition) is 4. The average Bonchev–Trinajstić information content (AvgIpc) is 3.06. The smallest absolute Gasteiger partial charge is 0.328 e. The van der Waals surface area contributed by atoms with E-state index in [2.05, 4.69) is 10.3 Å². The maximum Gasteiger partial charge on any atom is 0.328 e. The van der Waals surface area contributed by atoms with Crippen molar-refractivity contribution >= 4 is 34.7 Å². The van der Waals surface area contributed by atoms with E-state index in [1.54, 1.807) is 12.4 Å². The SMILES string of the molecule is NC(=O)CCc1ccc2ncn(CNc3ccccc3/C=C/C(=O)O)c2c1. The monoisotopic (exact) mass is 364 g/mol. The van der Waals surface area contributed by atoms with Crippen molar-refractivity contribution in [3.63, 3.8) is 0 Å². The van der Waals surface area contributed by atoms with Gasteiger partial charge in [0.2, 0.25) is 5.91 Å². The number of anilines is 1. The van der Waals surface area contributed by atoms with Crippen LogP contribution in [-0.2, 0) is 22.7 Å². The van der Waals surface area contributed by atoms with Crippen molar-refractivity contribution in [2.24, 2.45) is 5.73 Å². The third-order valence-electron chi connectivity index (χ3n) is 4.15. The number of aliphatic carboxylic acids is 1. The molecule has 0 spiro atoms. The summed E-state index contributed by atoms with van der Waals surface area (Å²) in [6.45, 7) is 0.466. The van der Waals surface area contributed by atoms with Gasteiger partial charge >= 0.3 is 5.97 Å². The highest BCUT2D eigenvalue weighted by molar-refractivity contribution is 5.86. The number of carbonyl (C=O) groups excluding carboxylic acids is 1. The van der Waals surface area contributed by atoms with E-state index in [0.29, 0.717) is 19.5 Å². The van der Waals surface area contributed by atoms with Gasteiger partial charge in [-0.05, 0) is 41.8 Å². The van der Waals surface area contributed by atoms with Gasteiger partial charge in [0.1, 0.15) is 0 Å². The Morgan fingerprint density at radius 1 is 1.22 bits per heavy atom. The Morgan fingerprint density at radius 2 is 2.04 bits per heavy atom. The Morgan fingerprint density at radius 3 is 2.81 bits per heavy atom. The molecule has 0 aliphatic carbocycles. The van der Waals surface area contributed by atoms with Crippen LogP contribution in [0.5, 0.6) is 0 Å². The number of nitrogens with one attached hydrogen (secondary N) is 1. The van der Waals surface area contributed by atoms with Crippen molar-refractivity contribution in [1.29, 1.82) is 0 Å².